The summed E-state index contributed by atoms with van der Waals surface area (Å²) >= 11 is 0. The zero-order valence-corrected chi connectivity index (χ0v) is 18.6. The second kappa shape index (κ2) is 13.0. The Morgan fingerprint density at radius 3 is 2.44 bits per heavy atom. The Bertz CT molecular complexity index is 714. The maximum atomic E-state index is 12.1. The molecule has 142 valence electrons. The number of rotatable bonds is 12. The average molecular weight is 380 g/mol. The SMILES string of the molecule is CCCCCCCCCC(=O)NC(Cc1c[nH]c2ccccc12)C(=O)[O-].[Na+]. The molecule has 0 bridgehead atoms. The molecule has 1 atom stereocenters. The minimum absolute atomic E-state index is 0. The van der Waals surface area contributed by atoms with Gasteiger partial charge in [-0.2, -0.15) is 0 Å². The second-order valence-electron chi connectivity index (χ2n) is 6.87. The summed E-state index contributed by atoms with van der Waals surface area (Å²) in [5.41, 5.74) is 1.82. The Hall–Kier alpha value is -1.30. The molecule has 2 N–H and O–H groups in total. The first kappa shape index (κ1) is 23.7. The van der Waals surface area contributed by atoms with Gasteiger partial charge in [-0.3, -0.25) is 4.79 Å². The van der Waals surface area contributed by atoms with Crippen molar-refractivity contribution in [3.05, 3.63) is 36.0 Å². The zero-order chi connectivity index (χ0) is 18.8. The van der Waals surface area contributed by atoms with Gasteiger partial charge in [0.25, 0.3) is 0 Å². The molecule has 27 heavy (non-hydrogen) atoms. The van der Waals surface area contributed by atoms with E-state index in [1.807, 2.05) is 24.3 Å². The molecule has 1 amide bonds. The summed E-state index contributed by atoms with van der Waals surface area (Å²) in [6.45, 7) is 2.19. The first-order valence-corrected chi connectivity index (χ1v) is 9.67. The maximum absolute atomic E-state index is 12.1. The number of aliphatic carboxylic acids is 1. The number of hydrogen-bond donors (Lipinski definition) is 2. The standard InChI is InChI=1S/C21H30N2O3.Na/c1-2-3-4-5-6-7-8-13-20(24)23-19(21(25)26)14-16-15-22-18-12-10-9-11-17(16)18;/h9-12,15,19,22H,2-8,13-14H2,1H3,(H,23,24)(H,25,26);/q;+1/p-1. The Labute approximate surface area is 183 Å². The van der Waals surface area contributed by atoms with Crippen LogP contribution in [-0.4, -0.2) is 22.9 Å². The Morgan fingerprint density at radius 1 is 1.07 bits per heavy atom. The van der Waals surface area contributed by atoms with Crippen LogP contribution in [0.4, 0.5) is 0 Å². The molecule has 2 rings (SSSR count). The predicted molar refractivity (Wildman–Crippen MR) is 102 cm³/mol. The van der Waals surface area contributed by atoms with Crippen LogP contribution in [0.15, 0.2) is 30.5 Å². The van der Waals surface area contributed by atoms with Gasteiger partial charge >= 0.3 is 29.6 Å². The monoisotopic (exact) mass is 380 g/mol. The Balaban J connectivity index is 0.00000364. The van der Waals surface area contributed by atoms with Gasteiger partial charge < -0.3 is 20.2 Å². The van der Waals surface area contributed by atoms with Gasteiger partial charge in [0, 0.05) is 29.9 Å². The summed E-state index contributed by atoms with van der Waals surface area (Å²) < 4.78 is 0. The number of aromatic amines is 1. The number of hydrogen-bond acceptors (Lipinski definition) is 3. The molecule has 0 spiro atoms. The van der Waals surface area contributed by atoms with Gasteiger partial charge in [-0.1, -0.05) is 63.6 Å². The van der Waals surface area contributed by atoms with E-state index in [0.29, 0.717) is 6.42 Å². The number of unbranched alkanes of at least 4 members (excludes halogenated alkanes) is 6. The van der Waals surface area contributed by atoms with E-state index < -0.39 is 12.0 Å². The van der Waals surface area contributed by atoms with Crippen molar-refractivity contribution in [2.24, 2.45) is 0 Å². The fourth-order valence-corrected chi connectivity index (χ4v) is 3.22. The van der Waals surface area contributed by atoms with Crippen LogP contribution in [0.1, 0.15) is 63.9 Å². The van der Waals surface area contributed by atoms with Crippen LogP contribution in [0, 0.1) is 0 Å². The number of carboxylic acid groups (broad SMARTS) is 1. The van der Waals surface area contributed by atoms with Crippen LogP contribution < -0.4 is 40.0 Å². The number of carbonyl (C=O) groups is 2. The van der Waals surface area contributed by atoms with E-state index in [2.05, 4.69) is 17.2 Å². The molecule has 0 radical (unpaired) electrons. The van der Waals surface area contributed by atoms with Crippen LogP contribution in [0.3, 0.4) is 0 Å². The summed E-state index contributed by atoms with van der Waals surface area (Å²) in [4.78, 5) is 26.6. The van der Waals surface area contributed by atoms with Gasteiger partial charge in [0.15, 0.2) is 0 Å². The molecule has 1 aromatic carbocycles. The van der Waals surface area contributed by atoms with Crippen molar-refractivity contribution >= 4 is 22.8 Å². The molecular formula is C21H29N2NaO3. The third-order valence-electron chi connectivity index (χ3n) is 4.73. The molecule has 1 unspecified atom stereocenters. The van der Waals surface area contributed by atoms with Crippen LogP contribution in [-0.2, 0) is 16.0 Å². The van der Waals surface area contributed by atoms with Gasteiger partial charge in [-0.25, -0.2) is 0 Å². The molecule has 2 aromatic rings. The summed E-state index contributed by atoms with van der Waals surface area (Å²) in [5.74, 6) is -1.46. The predicted octanol–water partition coefficient (Wildman–Crippen LogP) is 0.0898. The summed E-state index contributed by atoms with van der Waals surface area (Å²) in [6.07, 6.45) is 10.3. The summed E-state index contributed by atoms with van der Waals surface area (Å²) in [6, 6.07) is 6.70. The number of carboxylic acids is 1. The number of nitrogens with one attached hydrogen (secondary N) is 2. The molecule has 0 fully saturated rings. The number of aromatic nitrogens is 1. The van der Waals surface area contributed by atoms with E-state index in [-0.39, 0.29) is 41.9 Å². The third kappa shape index (κ3) is 8.08. The number of benzene rings is 1. The molecule has 0 saturated heterocycles. The minimum Gasteiger partial charge on any atom is -0.548 e. The summed E-state index contributed by atoms with van der Waals surface area (Å²) in [7, 11) is 0. The molecule has 0 aliphatic rings. The molecule has 1 heterocycles. The smallest absolute Gasteiger partial charge is 0.548 e. The van der Waals surface area contributed by atoms with Crippen LogP contribution in [0.25, 0.3) is 10.9 Å². The van der Waals surface area contributed by atoms with E-state index >= 15 is 0 Å². The van der Waals surface area contributed by atoms with Crippen molar-refractivity contribution in [2.75, 3.05) is 0 Å². The Kier molecular flexibility index (Phi) is 11.4. The number of amides is 1. The first-order valence-electron chi connectivity index (χ1n) is 9.67. The van der Waals surface area contributed by atoms with E-state index in [9.17, 15) is 14.7 Å². The minimum atomic E-state index is -1.25. The molecule has 0 saturated carbocycles. The fourth-order valence-electron chi connectivity index (χ4n) is 3.22. The first-order chi connectivity index (χ1) is 12.6. The molecule has 1 aromatic heterocycles. The largest absolute Gasteiger partial charge is 1.00 e. The average Bonchev–Trinajstić information content (AvgIpc) is 3.03. The molecule has 0 aliphatic carbocycles. The van der Waals surface area contributed by atoms with Crippen molar-refractivity contribution in [2.45, 2.75) is 70.8 Å². The fraction of sp³-hybridized carbons (Fsp3) is 0.524. The molecular weight excluding hydrogens is 351 g/mol. The normalized spacial score (nSPS) is 11.7. The van der Waals surface area contributed by atoms with Gasteiger partial charge in [0.05, 0.1) is 12.0 Å². The second-order valence-corrected chi connectivity index (χ2v) is 6.87. The van der Waals surface area contributed by atoms with Crippen LogP contribution in [0.5, 0.6) is 0 Å². The number of carbonyl (C=O) groups excluding carboxylic acids is 2. The quantitative estimate of drug-likeness (QED) is 0.404. The maximum Gasteiger partial charge on any atom is 1.00 e. The Morgan fingerprint density at radius 2 is 1.74 bits per heavy atom. The third-order valence-corrected chi connectivity index (χ3v) is 4.73. The molecule has 5 nitrogen and oxygen atoms in total. The van der Waals surface area contributed by atoms with E-state index in [0.717, 1.165) is 35.7 Å². The van der Waals surface area contributed by atoms with Crippen molar-refractivity contribution in [1.29, 1.82) is 0 Å². The van der Waals surface area contributed by atoms with Crippen LogP contribution >= 0.6 is 0 Å². The van der Waals surface area contributed by atoms with Gasteiger partial charge in [-0.05, 0) is 18.1 Å². The number of fused-ring (bicyclic) bond motifs is 1. The number of H-pyrrole nitrogens is 1. The van der Waals surface area contributed by atoms with Crippen molar-refractivity contribution < 1.29 is 44.3 Å². The van der Waals surface area contributed by atoms with E-state index in [4.69, 9.17) is 0 Å². The van der Waals surface area contributed by atoms with Crippen LogP contribution in [0.2, 0.25) is 0 Å². The van der Waals surface area contributed by atoms with Gasteiger partial charge in [-0.15, -0.1) is 0 Å². The van der Waals surface area contributed by atoms with Gasteiger partial charge in [0.1, 0.15) is 0 Å². The topological polar surface area (TPSA) is 85.0 Å². The van der Waals surface area contributed by atoms with Crippen molar-refractivity contribution in [1.82, 2.24) is 10.3 Å². The van der Waals surface area contributed by atoms with E-state index in [1.165, 1.54) is 25.7 Å². The summed E-state index contributed by atoms with van der Waals surface area (Å²) in [5, 5.41) is 15.0. The molecule has 0 aliphatic heterocycles. The molecule has 6 heteroatoms. The van der Waals surface area contributed by atoms with Crippen molar-refractivity contribution in [3.8, 4) is 0 Å². The number of para-hydroxylation sites is 1. The van der Waals surface area contributed by atoms with Crippen molar-refractivity contribution in [3.63, 3.8) is 0 Å². The van der Waals surface area contributed by atoms with E-state index in [1.54, 1.807) is 6.20 Å². The van der Waals surface area contributed by atoms with Gasteiger partial charge in [0.2, 0.25) is 5.91 Å². The zero-order valence-electron chi connectivity index (χ0n) is 16.6.